The normalized spacial score (nSPS) is 10.6. The van der Waals surface area contributed by atoms with Crippen LogP contribution >= 0.6 is 0 Å². The SMILES string of the molecule is CCN(CC(=O)Nc1ccc(NC(C)=O)cc1)CC(=O)N(C)Cc1ccc(F)cc1. The summed E-state index contributed by atoms with van der Waals surface area (Å²) in [6.07, 6.45) is 0. The molecule has 2 aromatic rings. The second-order valence-corrected chi connectivity index (χ2v) is 6.99. The Balaban J connectivity index is 1.84. The predicted molar refractivity (Wildman–Crippen MR) is 114 cm³/mol. The summed E-state index contributed by atoms with van der Waals surface area (Å²) in [5.74, 6) is -0.855. The number of halogens is 1. The van der Waals surface area contributed by atoms with Gasteiger partial charge in [0.1, 0.15) is 5.82 Å². The first-order chi connectivity index (χ1) is 14.3. The lowest BCUT2D eigenvalue weighted by Gasteiger charge is -2.23. The highest BCUT2D eigenvalue weighted by Gasteiger charge is 2.16. The van der Waals surface area contributed by atoms with Gasteiger partial charge in [0.25, 0.3) is 0 Å². The van der Waals surface area contributed by atoms with Crippen LogP contribution in [0.2, 0.25) is 0 Å². The minimum Gasteiger partial charge on any atom is -0.340 e. The number of anilines is 2. The van der Waals surface area contributed by atoms with Crippen LogP contribution in [0, 0.1) is 5.82 Å². The zero-order valence-corrected chi connectivity index (χ0v) is 17.4. The van der Waals surface area contributed by atoms with Crippen molar-refractivity contribution in [3.63, 3.8) is 0 Å². The Hall–Kier alpha value is -3.26. The van der Waals surface area contributed by atoms with Gasteiger partial charge in [0.05, 0.1) is 13.1 Å². The number of hydrogen-bond acceptors (Lipinski definition) is 4. The number of rotatable bonds is 9. The molecule has 0 spiro atoms. The van der Waals surface area contributed by atoms with Crippen molar-refractivity contribution in [2.45, 2.75) is 20.4 Å². The van der Waals surface area contributed by atoms with Crippen LogP contribution in [-0.2, 0) is 20.9 Å². The Labute approximate surface area is 175 Å². The monoisotopic (exact) mass is 414 g/mol. The van der Waals surface area contributed by atoms with E-state index in [0.29, 0.717) is 24.5 Å². The number of carbonyl (C=O) groups is 3. The molecule has 0 unspecified atom stereocenters. The molecule has 0 atom stereocenters. The highest BCUT2D eigenvalue weighted by Crippen LogP contribution is 2.13. The maximum atomic E-state index is 13.0. The van der Waals surface area contributed by atoms with Gasteiger partial charge in [0.15, 0.2) is 0 Å². The Bertz CT molecular complexity index is 869. The second-order valence-electron chi connectivity index (χ2n) is 6.99. The molecule has 0 heterocycles. The van der Waals surface area contributed by atoms with Gasteiger partial charge in [-0.15, -0.1) is 0 Å². The number of likely N-dealkylation sites (N-methyl/N-ethyl adjacent to an activating group) is 2. The molecule has 8 heteroatoms. The molecule has 160 valence electrons. The van der Waals surface area contributed by atoms with E-state index in [4.69, 9.17) is 0 Å². The molecule has 0 aromatic heterocycles. The number of amides is 3. The zero-order chi connectivity index (χ0) is 22.1. The van der Waals surface area contributed by atoms with E-state index in [9.17, 15) is 18.8 Å². The van der Waals surface area contributed by atoms with Crippen LogP contribution in [0.25, 0.3) is 0 Å². The first kappa shape index (κ1) is 23.0. The van der Waals surface area contributed by atoms with Crippen molar-refractivity contribution in [2.75, 3.05) is 37.3 Å². The number of carbonyl (C=O) groups excluding carboxylic acids is 3. The summed E-state index contributed by atoms with van der Waals surface area (Å²) in [6, 6.07) is 12.8. The molecule has 2 rings (SSSR count). The minimum absolute atomic E-state index is 0.0695. The van der Waals surface area contributed by atoms with Crippen molar-refractivity contribution in [3.8, 4) is 0 Å². The van der Waals surface area contributed by atoms with Gasteiger partial charge in [0.2, 0.25) is 17.7 Å². The number of nitrogens with one attached hydrogen (secondary N) is 2. The third-order valence-corrected chi connectivity index (χ3v) is 4.42. The van der Waals surface area contributed by atoms with E-state index < -0.39 is 0 Å². The van der Waals surface area contributed by atoms with E-state index in [0.717, 1.165) is 5.56 Å². The molecule has 0 saturated carbocycles. The third-order valence-electron chi connectivity index (χ3n) is 4.42. The lowest BCUT2D eigenvalue weighted by Crippen LogP contribution is -2.41. The van der Waals surface area contributed by atoms with Gasteiger partial charge in [-0.25, -0.2) is 4.39 Å². The fourth-order valence-corrected chi connectivity index (χ4v) is 2.79. The standard InChI is InChI=1S/C22H27FN4O3/c1-4-27(15-22(30)26(3)13-17-5-7-18(23)8-6-17)14-21(29)25-20-11-9-19(10-12-20)24-16(2)28/h5-12H,4,13-15H2,1-3H3,(H,24,28)(H,25,29). The highest BCUT2D eigenvalue weighted by molar-refractivity contribution is 5.93. The molecular formula is C22H27FN4O3. The molecule has 0 radical (unpaired) electrons. The molecule has 2 N–H and O–H groups in total. The number of hydrogen-bond donors (Lipinski definition) is 2. The van der Waals surface area contributed by atoms with Crippen molar-refractivity contribution in [3.05, 3.63) is 59.9 Å². The molecule has 2 aromatic carbocycles. The molecular weight excluding hydrogens is 387 g/mol. The minimum atomic E-state index is -0.319. The summed E-state index contributed by atoms with van der Waals surface area (Å²) < 4.78 is 13.0. The molecule has 30 heavy (non-hydrogen) atoms. The van der Waals surface area contributed by atoms with Gasteiger partial charge in [-0.2, -0.15) is 0 Å². The highest BCUT2D eigenvalue weighted by atomic mass is 19.1. The summed E-state index contributed by atoms with van der Waals surface area (Å²) in [4.78, 5) is 39.2. The van der Waals surface area contributed by atoms with Crippen LogP contribution in [0.1, 0.15) is 19.4 Å². The smallest absolute Gasteiger partial charge is 0.238 e. The van der Waals surface area contributed by atoms with Crippen LogP contribution in [0.4, 0.5) is 15.8 Å². The van der Waals surface area contributed by atoms with Crippen LogP contribution in [0.5, 0.6) is 0 Å². The lowest BCUT2D eigenvalue weighted by molar-refractivity contribution is -0.132. The van der Waals surface area contributed by atoms with E-state index >= 15 is 0 Å². The Kier molecular flexibility index (Phi) is 8.49. The number of benzene rings is 2. The maximum absolute atomic E-state index is 13.0. The van der Waals surface area contributed by atoms with E-state index in [1.807, 2.05) is 6.92 Å². The van der Waals surface area contributed by atoms with Crippen LogP contribution < -0.4 is 10.6 Å². The summed E-state index contributed by atoms with van der Waals surface area (Å²) in [6.45, 7) is 4.37. The fourth-order valence-electron chi connectivity index (χ4n) is 2.79. The van der Waals surface area contributed by atoms with Gasteiger partial charge in [-0.3, -0.25) is 19.3 Å². The van der Waals surface area contributed by atoms with Crippen LogP contribution in [0.3, 0.4) is 0 Å². The fraction of sp³-hybridized carbons (Fsp3) is 0.318. The molecule has 7 nitrogen and oxygen atoms in total. The van der Waals surface area contributed by atoms with E-state index in [-0.39, 0.29) is 36.6 Å². The van der Waals surface area contributed by atoms with Gasteiger partial charge >= 0.3 is 0 Å². The summed E-state index contributed by atoms with van der Waals surface area (Å²) >= 11 is 0. The van der Waals surface area contributed by atoms with Gasteiger partial charge < -0.3 is 15.5 Å². The topological polar surface area (TPSA) is 81.8 Å². The number of nitrogens with zero attached hydrogens (tertiary/aromatic N) is 2. The van der Waals surface area contributed by atoms with E-state index in [1.165, 1.54) is 19.1 Å². The molecule has 0 bridgehead atoms. The molecule has 0 aliphatic heterocycles. The van der Waals surface area contributed by atoms with Crippen molar-refractivity contribution >= 4 is 29.1 Å². The summed E-state index contributed by atoms with van der Waals surface area (Å²) in [5.41, 5.74) is 2.08. The summed E-state index contributed by atoms with van der Waals surface area (Å²) in [7, 11) is 1.68. The predicted octanol–water partition coefficient (Wildman–Crippen LogP) is 2.70. The Morgan fingerprint density at radius 1 is 0.900 bits per heavy atom. The van der Waals surface area contributed by atoms with E-state index in [1.54, 1.807) is 53.2 Å². The van der Waals surface area contributed by atoms with Crippen molar-refractivity contribution in [1.29, 1.82) is 0 Å². The zero-order valence-electron chi connectivity index (χ0n) is 17.4. The second kappa shape index (κ2) is 11.1. The first-order valence-corrected chi connectivity index (χ1v) is 9.65. The molecule has 0 fully saturated rings. The average Bonchev–Trinajstić information content (AvgIpc) is 2.70. The lowest BCUT2D eigenvalue weighted by atomic mass is 10.2. The van der Waals surface area contributed by atoms with Crippen LogP contribution in [0.15, 0.2) is 48.5 Å². The third kappa shape index (κ3) is 7.63. The molecule has 0 saturated heterocycles. The molecule has 0 aliphatic carbocycles. The summed E-state index contributed by atoms with van der Waals surface area (Å²) in [5, 5.41) is 5.44. The van der Waals surface area contributed by atoms with Crippen LogP contribution in [-0.4, -0.2) is 54.2 Å². The van der Waals surface area contributed by atoms with E-state index in [2.05, 4.69) is 10.6 Å². The Morgan fingerprint density at radius 2 is 1.47 bits per heavy atom. The Morgan fingerprint density at radius 3 is 2.00 bits per heavy atom. The van der Waals surface area contributed by atoms with Crippen molar-refractivity contribution in [2.24, 2.45) is 0 Å². The quantitative estimate of drug-likeness (QED) is 0.661. The molecule has 3 amide bonds. The maximum Gasteiger partial charge on any atom is 0.238 e. The first-order valence-electron chi connectivity index (χ1n) is 9.65. The van der Waals surface area contributed by atoms with Crippen molar-refractivity contribution in [1.82, 2.24) is 9.80 Å². The van der Waals surface area contributed by atoms with Gasteiger partial charge in [-0.1, -0.05) is 19.1 Å². The average molecular weight is 414 g/mol. The molecule has 0 aliphatic rings. The van der Waals surface area contributed by atoms with Gasteiger partial charge in [0, 0.05) is 31.9 Å². The van der Waals surface area contributed by atoms with Crippen molar-refractivity contribution < 1.29 is 18.8 Å². The largest absolute Gasteiger partial charge is 0.340 e. The van der Waals surface area contributed by atoms with Gasteiger partial charge in [-0.05, 0) is 48.5 Å².